The Hall–Kier alpha value is 0.155. The van der Waals surface area contributed by atoms with Crippen molar-refractivity contribution in [2.45, 2.75) is 38.5 Å². The van der Waals surface area contributed by atoms with Gasteiger partial charge in [0.05, 0.1) is 12.2 Å². The molecule has 0 N–H and O–H groups in total. The summed E-state index contributed by atoms with van der Waals surface area (Å²) in [6, 6.07) is 0. The minimum Gasteiger partial charge on any atom is -0.429 e. The molecule has 0 aliphatic heterocycles. The van der Waals surface area contributed by atoms with Gasteiger partial charge in [-0.05, 0) is 13.8 Å². The van der Waals surface area contributed by atoms with E-state index in [1.165, 1.54) is 0 Å². The number of hydrogen-bond acceptors (Lipinski definition) is 2. The molecule has 14 heavy (non-hydrogen) atoms. The Labute approximate surface area is 90.9 Å². The van der Waals surface area contributed by atoms with Crippen LogP contribution in [-0.4, -0.2) is 32.0 Å². The van der Waals surface area contributed by atoms with Gasteiger partial charge in [-0.25, -0.2) is 0 Å². The second-order valence-electron chi connectivity index (χ2n) is 4.37. The fourth-order valence-corrected chi connectivity index (χ4v) is 0.637. The van der Waals surface area contributed by atoms with E-state index in [9.17, 15) is 0 Å². The molecule has 0 aliphatic carbocycles. The Morgan fingerprint density at radius 2 is 1.86 bits per heavy atom. The highest BCUT2D eigenvalue weighted by Crippen LogP contribution is 2.32. The second kappa shape index (κ2) is 5.90. The fourth-order valence-electron chi connectivity index (χ4n) is 0.569. The van der Waals surface area contributed by atoms with Crippen LogP contribution in [0.4, 0.5) is 0 Å². The average molecular weight is 215 g/mol. The predicted molar refractivity (Wildman–Crippen MR) is 65.7 cm³/mol. The minimum absolute atomic E-state index is 0.0403. The summed E-state index contributed by atoms with van der Waals surface area (Å²) in [6.45, 7) is 9.01. The molecule has 81 valence electrons. The van der Waals surface area contributed by atoms with Crippen LogP contribution in [0.3, 0.4) is 0 Å². The monoisotopic (exact) mass is 215 g/mol. The van der Waals surface area contributed by atoms with Crippen molar-refractivity contribution in [2.75, 3.05) is 13.7 Å². The molecule has 1 atom stereocenters. The van der Waals surface area contributed by atoms with Crippen molar-refractivity contribution in [1.82, 2.24) is 0 Å². The van der Waals surface area contributed by atoms with Gasteiger partial charge in [-0.2, -0.15) is 0 Å². The lowest BCUT2D eigenvalue weighted by atomic mass is 9.89. The minimum atomic E-state index is -0.199. The van der Waals surface area contributed by atoms with Crippen molar-refractivity contribution in [3.8, 4) is 0 Å². The summed E-state index contributed by atoms with van der Waals surface area (Å²) in [4.78, 5) is 0. The Morgan fingerprint density at radius 1 is 1.29 bits per heavy atom. The molecule has 0 aliphatic rings. The van der Waals surface area contributed by atoms with E-state index in [0.717, 1.165) is 0 Å². The van der Waals surface area contributed by atoms with E-state index in [0.29, 0.717) is 6.61 Å². The first-order valence-corrected chi connectivity index (χ1v) is 5.33. The molecule has 0 fully saturated rings. The number of rotatable bonds is 6. The maximum Gasteiger partial charge on any atom is 0.322 e. The molecule has 4 heteroatoms. The zero-order chi connectivity index (χ0) is 11.2. The molecule has 0 rings (SSSR count). The molecule has 1 radical (unpaired) electrons. The molecule has 0 heterocycles. The highest BCUT2D eigenvalue weighted by atomic mass is 31.0. The summed E-state index contributed by atoms with van der Waals surface area (Å²) < 4.78 is 10.5. The van der Waals surface area contributed by atoms with Crippen molar-refractivity contribution in [3.05, 3.63) is 12.1 Å². The highest BCUT2D eigenvalue weighted by molar-refractivity contribution is 7.19. The molecule has 0 aromatic carbocycles. The number of hydrogen-bond donors (Lipinski definition) is 0. The summed E-state index contributed by atoms with van der Waals surface area (Å²) >= 11 is 0. The Morgan fingerprint density at radius 3 is 2.29 bits per heavy atom. The molecule has 0 saturated carbocycles. The molecule has 0 saturated heterocycles. The van der Waals surface area contributed by atoms with Gasteiger partial charge in [0.1, 0.15) is 0 Å². The quantitative estimate of drug-likeness (QED) is 0.499. The molecule has 0 bridgehead atoms. The van der Waals surface area contributed by atoms with E-state index in [-0.39, 0.29) is 10.8 Å². The van der Waals surface area contributed by atoms with Crippen molar-refractivity contribution < 1.29 is 9.39 Å². The van der Waals surface area contributed by atoms with Crippen LogP contribution < -0.4 is 0 Å². The van der Waals surface area contributed by atoms with Crippen LogP contribution in [0.5, 0.6) is 0 Å². The summed E-state index contributed by atoms with van der Waals surface area (Å²) in [7, 11) is 6.18. The van der Waals surface area contributed by atoms with Gasteiger partial charge in [0.15, 0.2) is 0 Å². The lowest BCUT2D eigenvalue weighted by Crippen LogP contribution is -2.43. The summed E-state index contributed by atoms with van der Waals surface area (Å²) in [5.74, 6) is 1.86. The third-order valence-corrected chi connectivity index (χ3v) is 3.09. The molecule has 1 unspecified atom stereocenters. The standard InChI is InChI=1S/C10H21BO2P/c1-9(2,10(3,4)14)13-11-7-6-8-12-5/h6-7H,8,14H2,1-5H3/b7-6+. The van der Waals surface area contributed by atoms with E-state index < -0.39 is 0 Å². The van der Waals surface area contributed by atoms with Gasteiger partial charge in [-0.15, -0.1) is 9.24 Å². The SMILES string of the molecule is COC/C=C/[B]OC(C)(C)C(C)(C)P. The predicted octanol–water partition coefficient (Wildman–Crippen LogP) is 2.21. The van der Waals surface area contributed by atoms with E-state index in [4.69, 9.17) is 9.39 Å². The van der Waals surface area contributed by atoms with Gasteiger partial charge in [-0.3, -0.25) is 0 Å². The van der Waals surface area contributed by atoms with Crippen molar-refractivity contribution >= 4 is 16.7 Å². The maximum absolute atomic E-state index is 5.65. The third-order valence-electron chi connectivity index (χ3n) is 2.39. The lowest BCUT2D eigenvalue weighted by molar-refractivity contribution is 0.0837. The van der Waals surface area contributed by atoms with Gasteiger partial charge in [0.25, 0.3) is 0 Å². The zero-order valence-electron chi connectivity index (χ0n) is 9.83. The fraction of sp³-hybridized carbons (Fsp3) is 0.800. The van der Waals surface area contributed by atoms with Gasteiger partial charge in [0.2, 0.25) is 0 Å². The Balaban J connectivity index is 3.89. The molecule has 0 spiro atoms. The van der Waals surface area contributed by atoms with Crippen LogP contribution >= 0.6 is 9.24 Å². The molecular weight excluding hydrogens is 194 g/mol. The molecular formula is C10H21BO2P. The Kier molecular flexibility index (Phi) is 5.96. The van der Waals surface area contributed by atoms with Crippen LogP contribution in [0.15, 0.2) is 12.1 Å². The van der Waals surface area contributed by atoms with E-state index in [1.54, 1.807) is 14.6 Å². The highest BCUT2D eigenvalue weighted by Gasteiger charge is 2.33. The topological polar surface area (TPSA) is 18.5 Å². The first kappa shape index (κ1) is 14.2. The van der Waals surface area contributed by atoms with Crippen molar-refractivity contribution in [3.63, 3.8) is 0 Å². The smallest absolute Gasteiger partial charge is 0.322 e. The molecule has 2 nitrogen and oxygen atoms in total. The van der Waals surface area contributed by atoms with Crippen molar-refractivity contribution in [1.29, 1.82) is 0 Å². The molecule has 0 aromatic heterocycles. The normalized spacial score (nSPS) is 13.6. The second-order valence-corrected chi connectivity index (χ2v) is 5.81. The summed E-state index contributed by atoms with van der Waals surface area (Å²) in [6.07, 6.45) is 1.91. The van der Waals surface area contributed by atoms with Crippen LogP contribution in [-0.2, 0) is 9.39 Å². The van der Waals surface area contributed by atoms with Gasteiger partial charge in [0, 0.05) is 12.3 Å². The van der Waals surface area contributed by atoms with E-state index in [1.807, 2.05) is 12.1 Å². The first-order valence-electron chi connectivity index (χ1n) is 4.75. The van der Waals surface area contributed by atoms with Gasteiger partial charge in [-0.1, -0.05) is 25.9 Å². The number of ether oxygens (including phenoxy) is 1. The number of methoxy groups -OCH3 is 1. The maximum atomic E-state index is 5.65. The van der Waals surface area contributed by atoms with Gasteiger partial charge >= 0.3 is 7.48 Å². The Bertz CT molecular complexity index is 185. The summed E-state index contributed by atoms with van der Waals surface area (Å²) in [5.41, 5.74) is -0.199. The van der Waals surface area contributed by atoms with E-state index >= 15 is 0 Å². The molecule has 0 aromatic rings. The molecule has 0 amide bonds. The van der Waals surface area contributed by atoms with Crippen LogP contribution in [0.25, 0.3) is 0 Å². The summed E-state index contributed by atoms with van der Waals surface area (Å²) in [5, 5.41) is 0.0403. The lowest BCUT2D eigenvalue weighted by Gasteiger charge is -2.38. The van der Waals surface area contributed by atoms with Crippen LogP contribution in [0.1, 0.15) is 27.7 Å². The van der Waals surface area contributed by atoms with Crippen LogP contribution in [0, 0.1) is 0 Å². The van der Waals surface area contributed by atoms with Gasteiger partial charge < -0.3 is 9.39 Å². The van der Waals surface area contributed by atoms with Crippen LogP contribution in [0.2, 0.25) is 0 Å². The third kappa shape index (κ3) is 5.14. The van der Waals surface area contributed by atoms with Crippen molar-refractivity contribution in [2.24, 2.45) is 0 Å². The van der Waals surface area contributed by atoms with E-state index in [2.05, 4.69) is 36.9 Å². The first-order chi connectivity index (χ1) is 6.31. The zero-order valence-corrected chi connectivity index (χ0v) is 11.0. The average Bonchev–Trinajstić information content (AvgIpc) is 2.02. The largest absolute Gasteiger partial charge is 0.429 e.